The van der Waals surface area contributed by atoms with Gasteiger partial charge in [-0.3, -0.25) is 4.79 Å². The Bertz CT molecular complexity index is 695. The van der Waals surface area contributed by atoms with Crippen molar-refractivity contribution in [3.05, 3.63) is 78.9 Å². The minimum Gasteiger partial charge on any atom is -0.461 e. The molecule has 0 spiro atoms. The molecule has 0 bridgehead atoms. The zero-order valence-electron chi connectivity index (χ0n) is 16.2. The normalized spacial score (nSPS) is 13.7. The largest absolute Gasteiger partial charge is 0.461 e. The van der Waals surface area contributed by atoms with Gasteiger partial charge < -0.3 is 4.74 Å². The van der Waals surface area contributed by atoms with Crippen LogP contribution in [0.3, 0.4) is 0 Å². The van der Waals surface area contributed by atoms with Gasteiger partial charge in [-0.25, -0.2) is 0 Å². The first-order valence-electron chi connectivity index (χ1n) is 9.33. The fourth-order valence-corrected chi connectivity index (χ4v) is 7.39. The van der Waals surface area contributed by atoms with E-state index >= 15 is 0 Å². The number of carbonyl (C=O) groups excluding carboxylic acids is 1. The first kappa shape index (κ1) is 20.2. The van der Waals surface area contributed by atoms with Gasteiger partial charge in [0.1, 0.15) is 6.61 Å². The summed E-state index contributed by atoms with van der Waals surface area (Å²) in [7, 11) is -1.83. The van der Waals surface area contributed by atoms with Crippen molar-refractivity contribution >= 4 is 19.2 Å². The maximum atomic E-state index is 12.8. The smallest absolute Gasteiger partial charge is 0.308 e. The van der Waals surface area contributed by atoms with Crippen molar-refractivity contribution < 1.29 is 9.53 Å². The summed E-state index contributed by atoms with van der Waals surface area (Å²) < 4.78 is 5.64. The molecule has 2 atom stereocenters. The molecule has 0 heterocycles. The minimum absolute atomic E-state index is 0.0978. The Morgan fingerprint density at radius 1 is 1.08 bits per heavy atom. The second-order valence-electron chi connectivity index (χ2n) is 7.44. The van der Waals surface area contributed by atoms with Crippen LogP contribution in [0.2, 0.25) is 18.6 Å². The van der Waals surface area contributed by atoms with E-state index in [-0.39, 0.29) is 11.9 Å². The van der Waals surface area contributed by atoms with Gasteiger partial charge in [0.15, 0.2) is 0 Å². The van der Waals surface area contributed by atoms with Crippen molar-refractivity contribution in [2.75, 3.05) is 0 Å². The first-order valence-corrected chi connectivity index (χ1v) is 12.4. The Kier molecular flexibility index (Phi) is 7.40. The molecule has 0 radical (unpaired) electrons. The molecular formula is C23H30O2Si. The molecule has 0 aliphatic heterocycles. The predicted octanol–water partition coefficient (Wildman–Crippen LogP) is 5.32. The van der Waals surface area contributed by atoms with Crippen molar-refractivity contribution in [2.24, 2.45) is 5.92 Å². The number of esters is 1. The standard InChI is InChI=1S/C23H30O2Si/c1-5-6-17-22(26(3,4)21-15-11-8-12-16-21)19(2)23(24)25-18-20-13-9-7-10-14-20/h5,7-16,19,22H,1,6,17-18H2,2-4H3/t19-,22-/m0/s1. The van der Waals surface area contributed by atoms with Gasteiger partial charge in [0.25, 0.3) is 0 Å². The van der Waals surface area contributed by atoms with Crippen LogP contribution in [0.25, 0.3) is 0 Å². The third kappa shape index (κ3) is 5.18. The van der Waals surface area contributed by atoms with Crippen LogP contribution in [-0.2, 0) is 16.1 Å². The van der Waals surface area contributed by atoms with E-state index < -0.39 is 8.07 Å². The van der Waals surface area contributed by atoms with Crippen LogP contribution < -0.4 is 5.19 Å². The van der Waals surface area contributed by atoms with Gasteiger partial charge in [0.2, 0.25) is 0 Å². The van der Waals surface area contributed by atoms with E-state index in [1.165, 1.54) is 5.19 Å². The second-order valence-corrected chi connectivity index (χ2v) is 12.2. The molecule has 138 valence electrons. The summed E-state index contributed by atoms with van der Waals surface area (Å²) in [6.07, 6.45) is 3.84. The Morgan fingerprint density at radius 3 is 2.23 bits per heavy atom. The summed E-state index contributed by atoms with van der Waals surface area (Å²) in [6, 6.07) is 20.5. The minimum atomic E-state index is -1.83. The Balaban J connectivity index is 2.14. The van der Waals surface area contributed by atoms with E-state index in [1.807, 2.05) is 49.4 Å². The number of hydrogen-bond donors (Lipinski definition) is 0. The lowest BCUT2D eigenvalue weighted by Crippen LogP contribution is -2.49. The summed E-state index contributed by atoms with van der Waals surface area (Å²) in [5.74, 6) is -0.222. The first-order chi connectivity index (χ1) is 12.5. The van der Waals surface area contributed by atoms with E-state index in [9.17, 15) is 4.79 Å². The zero-order chi connectivity index (χ0) is 19.0. The Morgan fingerprint density at radius 2 is 1.65 bits per heavy atom. The van der Waals surface area contributed by atoms with Gasteiger partial charge in [-0.2, -0.15) is 0 Å². The van der Waals surface area contributed by atoms with Crippen LogP contribution in [0.4, 0.5) is 0 Å². The van der Waals surface area contributed by atoms with Gasteiger partial charge in [0, 0.05) is 0 Å². The summed E-state index contributed by atoms with van der Waals surface area (Å²) in [5, 5.41) is 1.39. The van der Waals surface area contributed by atoms with Crippen molar-refractivity contribution in [3.8, 4) is 0 Å². The Hall–Kier alpha value is -2.13. The lowest BCUT2D eigenvalue weighted by molar-refractivity contribution is -0.149. The molecule has 0 aromatic heterocycles. The molecule has 3 heteroatoms. The van der Waals surface area contributed by atoms with Crippen LogP contribution in [0.15, 0.2) is 73.3 Å². The number of rotatable bonds is 9. The van der Waals surface area contributed by atoms with Gasteiger partial charge >= 0.3 is 5.97 Å². The van der Waals surface area contributed by atoms with Gasteiger partial charge in [-0.05, 0) is 23.9 Å². The van der Waals surface area contributed by atoms with Crippen LogP contribution >= 0.6 is 0 Å². The zero-order valence-corrected chi connectivity index (χ0v) is 17.2. The van der Waals surface area contributed by atoms with Gasteiger partial charge in [-0.15, -0.1) is 6.58 Å². The van der Waals surface area contributed by atoms with E-state index in [2.05, 4.69) is 43.9 Å². The lowest BCUT2D eigenvalue weighted by Gasteiger charge is -2.36. The third-order valence-corrected chi connectivity index (χ3v) is 9.79. The summed E-state index contributed by atoms with van der Waals surface area (Å²) in [5.41, 5.74) is 1.33. The SMILES string of the molecule is C=CCC[C@@H]([C@H](C)C(=O)OCc1ccccc1)[Si](C)(C)c1ccccc1. The molecule has 0 saturated carbocycles. The highest BCUT2D eigenvalue weighted by Crippen LogP contribution is 2.35. The predicted molar refractivity (Wildman–Crippen MR) is 112 cm³/mol. The number of allylic oxidation sites excluding steroid dienone is 1. The Labute approximate surface area is 158 Å². The molecular weight excluding hydrogens is 336 g/mol. The highest BCUT2D eigenvalue weighted by molar-refractivity contribution is 6.91. The number of carbonyl (C=O) groups is 1. The quantitative estimate of drug-likeness (QED) is 0.341. The lowest BCUT2D eigenvalue weighted by atomic mass is 10.0. The van der Waals surface area contributed by atoms with Gasteiger partial charge in [-0.1, -0.05) is 91.9 Å². The molecule has 0 aliphatic carbocycles. The van der Waals surface area contributed by atoms with Crippen LogP contribution in [0.1, 0.15) is 25.3 Å². The number of ether oxygens (including phenoxy) is 1. The molecule has 2 aromatic rings. The molecule has 0 N–H and O–H groups in total. The average molecular weight is 367 g/mol. The van der Waals surface area contributed by atoms with Crippen LogP contribution in [0.5, 0.6) is 0 Å². The maximum Gasteiger partial charge on any atom is 0.308 e. The highest BCUT2D eigenvalue weighted by Gasteiger charge is 2.39. The van der Waals surface area contributed by atoms with Crippen molar-refractivity contribution in [1.82, 2.24) is 0 Å². The molecule has 0 unspecified atom stereocenters. The van der Waals surface area contributed by atoms with Crippen molar-refractivity contribution in [2.45, 2.75) is 45.0 Å². The average Bonchev–Trinajstić information content (AvgIpc) is 2.67. The van der Waals surface area contributed by atoms with E-state index in [1.54, 1.807) is 0 Å². The molecule has 2 aromatic carbocycles. The molecule has 0 aliphatic rings. The van der Waals surface area contributed by atoms with Crippen LogP contribution in [-0.4, -0.2) is 14.0 Å². The monoisotopic (exact) mass is 366 g/mol. The summed E-state index contributed by atoms with van der Waals surface area (Å²) in [6.45, 7) is 10.9. The highest BCUT2D eigenvalue weighted by atomic mass is 28.3. The molecule has 0 saturated heterocycles. The topological polar surface area (TPSA) is 26.3 Å². The van der Waals surface area contributed by atoms with Crippen molar-refractivity contribution in [1.29, 1.82) is 0 Å². The fourth-order valence-electron chi connectivity index (χ4n) is 3.64. The molecule has 2 nitrogen and oxygen atoms in total. The number of hydrogen-bond acceptors (Lipinski definition) is 2. The van der Waals surface area contributed by atoms with E-state index in [0.717, 1.165) is 18.4 Å². The number of benzene rings is 2. The molecule has 26 heavy (non-hydrogen) atoms. The van der Waals surface area contributed by atoms with E-state index in [0.29, 0.717) is 12.1 Å². The van der Waals surface area contributed by atoms with Gasteiger partial charge in [0.05, 0.1) is 14.0 Å². The van der Waals surface area contributed by atoms with Crippen LogP contribution in [0, 0.1) is 5.92 Å². The maximum absolute atomic E-state index is 12.8. The second kappa shape index (κ2) is 9.53. The summed E-state index contributed by atoms with van der Waals surface area (Å²) >= 11 is 0. The fraction of sp³-hybridized carbons (Fsp3) is 0.348. The third-order valence-electron chi connectivity index (χ3n) is 5.33. The molecule has 2 rings (SSSR count). The van der Waals surface area contributed by atoms with Crippen molar-refractivity contribution in [3.63, 3.8) is 0 Å². The molecule has 0 fully saturated rings. The van der Waals surface area contributed by atoms with E-state index in [4.69, 9.17) is 4.74 Å². The summed E-state index contributed by atoms with van der Waals surface area (Å²) in [4.78, 5) is 12.8. The molecule has 0 amide bonds.